The van der Waals surface area contributed by atoms with E-state index in [0.29, 0.717) is 18.9 Å². The minimum Gasteiger partial charge on any atom is -0.396 e. The van der Waals surface area contributed by atoms with Crippen molar-refractivity contribution in [3.63, 3.8) is 0 Å². The molecule has 0 bridgehead atoms. The van der Waals surface area contributed by atoms with E-state index in [2.05, 4.69) is 17.3 Å². The van der Waals surface area contributed by atoms with Gasteiger partial charge in [-0.1, -0.05) is 12.8 Å². The topological polar surface area (TPSA) is 52.6 Å². The third kappa shape index (κ3) is 4.94. The van der Waals surface area contributed by atoms with Crippen molar-refractivity contribution in [2.45, 2.75) is 44.6 Å². The zero-order valence-corrected chi connectivity index (χ0v) is 10.2. The van der Waals surface area contributed by atoms with E-state index in [9.17, 15) is 4.79 Å². The molecule has 1 aliphatic rings. The molecule has 0 saturated heterocycles. The van der Waals surface area contributed by atoms with Crippen molar-refractivity contribution in [3.05, 3.63) is 0 Å². The summed E-state index contributed by atoms with van der Waals surface area (Å²) in [5, 5.41) is 11.5. The summed E-state index contributed by atoms with van der Waals surface area (Å²) in [4.78, 5) is 13.6. The summed E-state index contributed by atoms with van der Waals surface area (Å²) in [6, 6.07) is 0.717. The average Bonchev–Trinajstić information content (AvgIpc) is 2.79. The molecule has 0 spiro atoms. The van der Waals surface area contributed by atoms with Crippen LogP contribution < -0.4 is 5.32 Å². The van der Waals surface area contributed by atoms with E-state index in [1.807, 2.05) is 0 Å². The number of nitrogens with one attached hydrogen (secondary N) is 1. The van der Waals surface area contributed by atoms with Gasteiger partial charge >= 0.3 is 0 Å². The number of aliphatic hydroxyl groups excluding tert-OH is 1. The molecule has 16 heavy (non-hydrogen) atoms. The predicted molar refractivity (Wildman–Crippen MR) is 64.2 cm³/mol. The van der Waals surface area contributed by atoms with E-state index < -0.39 is 0 Å². The number of rotatable bonds is 7. The van der Waals surface area contributed by atoms with Crippen molar-refractivity contribution < 1.29 is 9.90 Å². The maximum absolute atomic E-state index is 11.3. The van der Waals surface area contributed by atoms with Crippen molar-refractivity contribution in [3.8, 4) is 0 Å². The normalized spacial score (nSPS) is 16.9. The Bertz CT molecular complexity index is 203. The minimum absolute atomic E-state index is 0.0499. The van der Waals surface area contributed by atoms with Gasteiger partial charge in [0.05, 0.1) is 0 Å². The third-order valence-electron chi connectivity index (χ3n) is 3.30. The molecule has 4 nitrogen and oxygen atoms in total. The maximum atomic E-state index is 11.3. The highest BCUT2D eigenvalue weighted by atomic mass is 16.3. The Balaban J connectivity index is 2.03. The Kier molecular flexibility index (Phi) is 6.42. The van der Waals surface area contributed by atoms with Crippen LogP contribution in [-0.2, 0) is 4.79 Å². The van der Waals surface area contributed by atoms with Crippen LogP contribution in [0, 0.1) is 0 Å². The summed E-state index contributed by atoms with van der Waals surface area (Å²) < 4.78 is 0. The average molecular weight is 228 g/mol. The molecule has 0 aliphatic heterocycles. The molecule has 0 aromatic carbocycles. The van der Waals surface area contributed by atoms with E-state index in [4.69, 9.17) is 5.11 Å². The Labute approximate surface area is 98.0 Å². The van der Waals surface area contributed by atoms with E-state index >= 15 is 0 Å². The molecular formula is C12H24N2O2. The highest BCUT2D eigenvalue weighted by Crippen LogP contribution is 2.21. The second-order valence-electron chi connectivity index (χ2n) is 4.60. The van der Waals surface area contributed by atoms with Gasteiger partial charge in [0.2, 0.25) is 5.91 Å². The maximum Gasteiger partial charge on any atom is 0.220 e. The number of hydrogen-bond donors (Lipinski definition) is 2. The molecule has 2 N–H and O–H groups in total. The second-order valence-corrected chi connectivity index (χ2v) is 4.60. The van der Waals surface area contributed by atoms with Gasteiger partial charge in [-0.3, -0.25) is 4.79 Å². The first-order chi connectivity index (χ1) is 7.74. The van der Waals surface area contributed by atoms with Crippen LogP contribution in [0.15, 0.2) is 0 Å². The Morgan fingerprint density at radius 1 is 1.44 bits per heavy atom. The first-order valence-electron chi connectivity index (χ1n) is 6.32. The van der Waals surface area contributed by atoms with Crippen molar-refractivity contribution in [1.82, 2.24) is 10.2 Å². The van der Waals surface area contributed by atoms with Crippen molar-refractivity contribution in [2.75, 3.05) is 26.7 Å². The lowest BCUT2D eigenvalue weighted by atomic mass is 10.2. The molecule has 0 unspecified atom stereocenters. The number of carbonyl (C=O) groups is 1. The van der Waals surface area contributed by atoms with Crippen LogP contribution in [0.1, 0.15) is 38.5 Å². The molecule has 1 saturated carbocycles. The number of nitrogens with zero attached hydrogens (tertiary/aromatic N) is 1. The minimum atomic E-state index is 0.0499. The van der Waals surface area contributed by atoms with Gasteiger partial charge in [-0.15, -0.1) is 0 Å². The first-order valence-corrected chi connectivity index (χ1v) is 6.32. The van der Waals surface area contributed by atoms with Crippen LogP contribution in [0.3, 0.4) is 0 Å². The SMILES string of the molecule is CN(CCNC(=O)CCCO)C1CCCC1. The quantitative estimate of drug-likeness (QED) is 0.676. The molecular weight excluding hydrogens is 204 g/mol. The molecule has 0 atom stereocenters. The molecule has 0 aromatic rings. The Hall–Kier alpha value is -0.610. The number of hydrogen-bond acceptors (Lipinski definition) is 3. The third-order valence-corrected chi connectivity index (χ3v) is 3.30. The van der Waals surface area contributed by atoms with Crippen molar-refractivity contribution >= 4 is 5.91 Å². The van der Waals surface area contributed by atoms with E-state index in [-0.39, 0.29) is 12.5 Å². The lowest BCUT2D eigenvalue weighted by Crippen LogP contribution is -2.37. The van der Waals surface area contributed by atoms with Crippen LogP contribution in [0.4, 0.5) is 0 Å². The largest absolute Gasteiger partial charge is 0.396 e. The van der Waals surface area contributed by atoms with Crippen LogP contribution in [0.5, 0.6) is 0 Å². The molecule has 0 aromatic heterocycles. The summed E-state index contributed by atoms with van der Waals surface area (Å²) in [5.74, 6) is 0.0499. The number of aliphatic hydroxyl groups is 1. The fraction of sp³-hybridized carbons (Fsp3) is 0.917. The van der Waals surface area contributed by atoms with Gasteiger partial charge in [-0.2, -0.15) is 0 Å². The standard InChI is InChI=1S/C12H24N2O2/c1-14(11-5-2-3-6-11)9-8-13-12(16)7-4-10-15/h11,15H,2-10H2,1H3,(H,13,16). The van der Waals surface area contributed by atoms with E-state index in [1.165, 1.54) is 25.7 Å². The van der Waals surface area contributed by atoms with Gasteiger partial charge in [0.15, 0.2) is 0 Å². The molecule has 1 rings (SSSR count). The number of carbonyl (C=O) groups excluding carboxylic acids is 1. The molecule has 1 amide bonds. The molecule has 1 fully saturated rings. The van der Waals surface area contributed by atoms with Crippen LogP contribution in [0.2, 0.25) is 0 Å². The van der Waals surface area contributed by atoms with Gasteiger partial charge < -0.3 is 15.3 Å². The van der Waals surface area contributed by atoms with E-state index in [1.54, 1.807) is 0 Å². The van der Waals surface area contributed by atoms with Gasteiger partial charge in [0.1, 0.15) is 0 Å². The zero-order chi connectivity index (χ0) is 11.8. The summed E-state index contributed by atoms with van der Waals surface area (Å²) in [5.41, 5.74) is 0. The zero-order valence-electron chi connectivity index (χ0n) is 10.2. The highest BCUT2D eigenvalue weighted by Gasteiger charge is 2.18. The molecule has 94 valence electrons. The Morgan fingerprint density at radius 3 is 2.75 bits per heavy atom. The monoisotopic (exact) mass is 228 g/mol. The summed E-state index contributed by atoms with van der Waals surface area (Å²) in [6.07, 6.45) is 6.29. The molecule has 0 radical (unpaired) electrons. The van der Waals surface area contributed by atoms with Crippen LogP contribution in [-0.4, -0.2) is 48.7 Å². The fourth-order valence-electron chi connectivity index (χ4n) is 2.23. The lowest BCUT2D eigenvalue weighted by molar-refractivity contribution is -0.121. The van der Waals surface area contributed by atoms with Crippen LogP contribution in [0.25, 0.3) is 0 Å². The van der Waals surface area contributed by atoms with Crippen molar-refractivity contribution in [1.29, 1.82) is 0 Å². The number of amides is 1. The highest BCUT2D eigenvalue weighted by molar-refractivity contribution is 5.75. The first kappa shape index (κ1) is 13.5. The summed E-state index contributed by atoms with van der Waals surface area (Å²) in [7, 11) is 2.13. The molecule has 1 aliphatic carbocycles. The van der Waals surface area contributed by atoms with Gasteiger partial charge in [0.25, 0.3) is 0 Å². The molecule has 4 heteroatoms. The van der Waals surface area contributed by atoms with Gasteiger partial charge in [-0.05, 0) is 26.3 Å². The smallest absolute Gasteiger partial charge is 0.220 e. The van der Waals surface area contributed by atoms with E-state index in [0.717, 1.165) is 13.1 Å². The Morgan fingerprint density at radius 2 is 2.12 bits per heavy atom. The van der Waals surface area contributed by atoms with Crippen LogP contribution >= 0.6 is 0 Å². The lowest BCUT2D eigenvalue weighted by Gasteiger charge is -2.23. The molecule has 0 heterocycles. The summed E-state index contributed by atoms with van der Waals surface area (Å²) in [6.45, 7) is 1.74. The van der Waals surface area contributed by atoms with Gasteiger partial charge in [0, 0.05) is 32.2 Å². The predicted octanol–water partition coefficient (Wildman–Crippen LogP) is 0.749. The van der Waals surface area contributed by atoms with Gasteiger partial charge in [-0.25, -0.2) is 0 Å². The summed E-state index contributed by atoms with van der Waals surface area (Å²) >= 11 is 0. The number of likely N-dealkylation sites (N-methyl/N-ethyl adjacent to an activating group) is 1. The second kappa shape index (κ2) is 7.63. The van der Waals surface area contributed by atoms with Crippen molar-refractivity contribution in [2.24, 2.45) is 0 Å². The fourth-order valence-corrected chi connectivity index (χ4v) is 2.23.